The molecule has 1 N–H and O–H groups in total. The third-order valence-electron chi connectivity index (χ3n) is 2.33. The number of hydrogen-bond donors (Lipinski definition) is 1. The Kier molecular flexibility index (Phi) is 4.96. The largest absolute Gasteiger partial charge is 0.375 e. The Labute approximate surface area is 103 Å². The quantitative estimate of drug-likeness (QED) is 0.799. The van der Waals surface area contributed by atoms with Crippen molar-refractivity contribution in [1.29, 1.82) is 0 Å². The van der Waals surface area contributed by atoms with Crippen LogP contribution in [0, 0.1) is 13.8 Å². The standard InChI is InChI=1S/C13H23NOS/c1-10-8-12(16-11(10)2)9-14-6-7-15-13(3,4)5/h8,14H,6-7,9H2,1-5H3. The Balaban J connectivity index is 2.16. The summed E-state index contributed by atoms with van der Waals surface area (Å²) < 4.78 is 5.64. The van der Waals surface area contributed by atoms with Crippen LogP contribution in [0.1, 0.15) is 36.1 Å². The number of rotatable bonds is 5. The Morgan fingerprint density at radius 3 is 2.50 bits per heavy atom. The molecule has 0 bridgehead atoms. The van der Waals surface area contributed by atoms with Gasteiger partial charge in [0.15, 0.2) is 0 Å². The first kappa shape index (κ1) is 13.7. The van der Waals surface area contributed by atoms with Gasteiger partial charge in [0, 0.05) is 22.8 Å². The molecule has 3 heteroatoms. The molecule has 0 amide bonds. The fourth-order valence-electron chi connectivity index (χ4n) is 1.38. The first-order valence-electron chi connectivity index (χ1n) is 5.79. The maximum atomic E-state index is 5.64. The van der Waals surface area contributed by atoms with Crippen molar-refractivity contribution in [2.75, 3.05) is 13.2 Å². The van der Waals surface area contributed by atoms with E-state index < -0.39 is 0 Å². The van der Waals surface area contributed by atoms with Crippen molar-refractivity contribution in [3.05, 3.63) is 21.4 Å². The third-order valence-corrected chi connectivity index (χ3v) is 3.48. The molecule has 1 heterocycles. The van der Waals surface area contributed by atoms with E-state index in [1.165, 1.54) is 15.3 Å². The van der Waals surface area contributed by atoms with Gasteiger partial charge in [0.1, 0.15) is 0 Å². The van der Waals surface area contributed by atoms with Crippen LogP contribution < -0.4 is 5.32 Å². The first-order valence-corrected chi connectivity index (χ1v) is 6.61. The molecule has 1 rings (SSSR count). The van der Waals surface area contributed by atoms with Crippen molar-refractivity contribution in [2.45, 2.75) is 46.8 Å². The molecule has 0 atom stereocenters. The number of thiophene rings is 1. The molecule has 0 spiro atoms. The van der Waals surface area contributed by atoms with Crippen LogP contribution in [0.5, 0.6) is 0 Å². The fourth-order valence-corrected chi connectivity index (χ4v) is 2.40. The highest BCUT2D eigenvalue weighted by Gasteiger charge is 2.08. The second-order valence-electron chi connectivity index (χ2n) is 5.09. The minimum Gasteiger partial charge on any atom is -0.375 e. The van der Waals surface area contributed by atoms with Gasteiger partial charge in [-0.25, -0.2) is 0 Å². The predicted octanol–water partition coefficient (Wildman–Crippen LogP) is 3.27. The molecule has 0 aliphatic rings. The topological polar surface area (TPSA) is 21.3 Å². The van der Waals surface area contributed by atoms with Crippen molar-refractivity contribution < 1.29 is 4.74 Å². The minimum atomic E-state index is -0.0300. The van der Waals surface area contributed by atoms with E-state index >= 15 is 0 Å². The number of aryl methyl sites for hydroxylation is 2. The summed E-state index contributed by atoms with van der Waals surface area (Å²) >= 11 is 1.87. The maximum Gasteiger partial charge on any atom is 0.0599 e. The van der Waals surface area contributed by atoms with E-state index in [1.54, 1.807) is 0 Å². The summed E-state index contributed by atoms with van der Waals surface area (Å²) in [5.41, 5.74) is 1.37. The van der Waals surface area contributed by atoms with Gasteiger partial charge in [0.05, 0.1) is 12.2 Å². The van der Waals surface area contributed by atoms with Gasteiger partial charge in [-0.05, 0) is 46.2 Å². The molecule has 2 nitrogen and oxygen atoms in total. The normalized spacial score (nSPS) is 12.1. The molecule has 0 aliphatic heterocycles. The Bertz CT molecular complexity index is 306. The van der Waals surface area contributed by atoms with Crippen LogP contribution in [-0.2, 0) is 11.3 Å². The zero-order valence-electron chi connectivity index (χ0n) is 11.0. The van der Waals surface area contributed by atoms with Gasteiger partial charge in [0.2, 0.25) is 0 Å². The van der Waals surface area contributed by atoms with Crippen LogP contribution >= 0.6 is 11.3 Å². The molecular weight excluding hydrogens is 218 g/mol. The van der Waals surface area contributed by atoms with Crippen LogP contribution in [0.2, 0.25) is 0 Å². The summed E-state index contributed by atoms with van der Waals surface area (Å²) in [6, 6.07) is 2.26. The molecule has 0 radical (unpaired) electrons. The molecule has 0 aromatic carbocycles. The molecule has 0 fully saturated rings. The van der Waals surface area contributed by atoms with Crippen molar-refractivity contribution >= 4 is 11.3 Å². The minimum absolute atomic E-state index is 0.0300. The Hall–Kier alpha value is -0.380. The van der Waals surface area contributed by atoms with E-state index in [9.17, 15) is 0 Å². The molecule has 0 saturated carbocycles. The molecule has 0 aliphatic carbocycles. The highest BCUT2D eigenvalue weighted by Crippen LogP contribution is 2.20. The Morgan fingerprint density at radius 2 is 2.00 bits per heavy atom. The van der Waals surface area contributed by atoms with Crippen molar-refractivity contribution in [3.8, 4) is 0 Å². The molecule has 1 aromatic heterocycles. The van der Waals surface area contributed by atoms with Crippen LogP contribution in [0.3, 0.4) is 0 Å². The van der Waals surface area contributed by atoms with Gasteiger partial charge >= 0.3 is 0 Å². The highest BCUT2D eigenvalue weighted by atomic mass is 32.1. The smallest absolute Gasteiger partial charge is 0.0599 e. The van der Waals surface area contributed by atoms with Crippen LogP contribution in [0.15, 0.2) is 6.07 Å². The van der Waals surface area contributed by atoms with Gasteiger partial charge in [-0.2, -0.15) is 0 Å². The number of hydrogen-bond acceptors (Lipinski definition) is 3. The molecule has 0 unspecified atom stereocenters. The lowest BCUT2D eigenvalue weighted by atomic mass is 10.2. The van der Waals surface area contributed by atoms with E-state index in [4.69, 9.17) is 4.74 Å². The lowest BCUT2D eigenvalue weighted by molar-refractivity contribution is -0.000868. The average molecular weight is 241 g/mol. The van der Waals surface area contributed by atoms with Gasteiger partial charge in [0.25, 0.3) is 0 Å². The second-order valence-corrected chi connectivity index (χ2v) is 6.43. The van der Waals surface area contributed by atoms with Crippen LogP contribution in [-0.4, -0.2) is 18.8 Å². The lowest BCUT2D eigenvalue weighted by Crippen LogP contribution is -2.26. The molecule has 1 aromatic rings. The highest BCUT2D eigenvalue weighted by molar-refractivity contribution is 7.12. The van der Waals surface area contributed by atoms with E-state index in [-0.39, 0.29) is 5.60 Å². The molecule has 0 saturated heterocycles. The second kappa shape index (κ2) is 5.80. The van der Waals surface area contributed by atoms with Gasteiger partial charge in [-0.15, -0.1) is 11.3 Å². The zero-order chi connectivity index (χ0) is 12.2. The predicted molar refractivity (Wildman–Crippen MR) is 71.2 cm³/mol. The van der Waals surface area contributed by atoms with Crippen LogP contribution in [0.4, 0.5) is 0 Å². The Morgan fingerprint density at radius 1 is 1.31 bits per heavy atom. The van der Waals surface area contributed by atoms with Gasteiger partial charge < -0.3 is 10.1 Å². The van der Waals surface area contributed by atoms with E-state index in [0.717, 1.165) is 19.7 Å². The molecule has 92 valence electrons. The molecule has 16 heavy (non-hydrogen) atoms. The fraction of sp³-hybridized carbons (Fsp3) is 0.692. The van der Waals surface area contributed by atoms with Gasteiger partial charge in [-0.3, -0.25) is 0 Å². The first-order chi connectivity index (χ1) is 7.38. The van der Waals surface area contributed by atoms with Crippen LogP contribution in [0.25, 0.3) is 0 Å². The monoisotopic (exact) mass is 241 g/mol. The summed E-state index contributed by atoms with van der Waals surface area (Å²) in [5, 5.41) is 3.40. The van der Waals surface area contributed by atoms with E-state index in [0.29, 0.717) is 0 Å². The van der Waals surface area contributed by atoms with E-state index in [1.807, 2.05) is 11.3 Å². The summed E-state index contributed by atoms with van der Waals surface area (Å²) in [4.78, 5) is 2.83. The number of nitrogens with one attached hydrogen (secondary N) is 1. The summed E-state index contributed by atoms with van der Waals surface area (Å²) in [7, 11) is 0. The van der Waals surface area contributed by atoms with Crippen molar-refractivity contribution in [1.82, 2.24) is 5.32 Å². The lowest BCUT2D eigenvalue weighted by Gasteiger charge is -2.19. The zero-order valence-corrected chi connectivity index (χ0v) is 11.8. The average Bonchev–Trinajstić information content (AvgIpc) is 2.44. The van der Waals surface area contributed by atoms with Gasteiger partial charge in [-0.1, -0.05) is 0 Å². The SMILES string of the molecule is Cc1cc(CNCCOC(C)(C)C)sc1C. The molecular formula is C13H23NOS. The maximum absolute atomic E-state index is 5.64. The van der Waals surface area contributed by atoms with Crippen molar-refractivity contribution in [2.24, 2.45) is 0 Å². The van der Waals surface area contributed by atoms with Crippen molar-refractivity contribution in [3.63, 3.8) is 0 Å². The third kappa shape index (κ3) is 5.10. The number of ether oxygens (including phenoxy) is 1. The summed E-state index contributed by atoms with van der Waals surface area (Å²) in [6.45, 7) is 13.2. The van der Waals surface area contributed by atoms with E-state index in [2.05, 4.69) is 46.0 Å². The summed E-state index contributed by atoms with van der Waals surface area (Å²) in [6.07, 6.45) is 0. The summed E-state index contributed by atoms with van der Waals surface area (Å²) in [5.74, 6) is 0.